The average Bonchev–Trinajstić information content (AvgIpc) is 2.70. The molecule has 32 heavy (non-hydrogen) atoms. The maximum atomic E-state index is 13.4. The van der Waals surface area contributed by atoms with Crippen molar-refractivity contribution in [2.75, 3.05) is 14.1 Å². The molecule has 4 atom stereocenters. The van der Waals surface area contributed by atoms with Gasteiger partial charge in [0.1, 0.15) is 22.8 Å². The number of fused-ring (bicyclic) bond motifs is 3. The molecule has 0 spiro atoms. The van der Waals surface area contributed by atoms with Crippen LogP contribution >= 0.6 is 0 Å². The number of phenols is 1. The number of likely N-dealkylation sites (N-methyl/N-ethyl adjacent to an activating group) is 1. The molecule has 9 heteroatoms. The first-order valence-electron chi connectivity index (χ1n) is 10.4. The lowest BCUT2D eigenvalue weighted by molar-refractivity contribution is -0.148. The Morgan fingerprint density at radius 3 is 2.44 bits per heavy atom. The van der Waals surface area contributed by atoms with E-state index in [0.29, 0.717) is 18.4 Å². The number of nitrogens with zero attached hydrogens (tertiary/aromatic N) is 1. The lowest BCUT2D eigenvalue weighted by Gasteiger charge is -2.50. The topological polar surface area (TPSA) is 161 Å². The first-order chi connectivity index (χ1) is 15.0. The molecule has 0 saturated carbocycles. The molecule has 0 aliphatic heterocycles. The Kier molecular flexibility index (Phi) is 4.94. The summed E-state index contributed by atoms with van der Waals surface area (Å²) in [6.45, 7) is 1.93. The molecule has 0 bridgehead atoms. The molecule has 1 aromatic rings. The predicted molar refractivity (Wildman–Crippen MR) is 113 cm³/mol. The number of aromatic hydroxyl groups is 1. The summed E-state index contributed by atoms with van der Waals surface area (Å²) in [6, 6.07) is 2.17. The number of carbonyl (C=O) groups excluding carboxylic acids is 3. The van der Waals surface area contributed by atoms with Gasteiger partial charge in [-0.2, -0.15) is 0 Å². The van der Waals surface area contributed by atoms with Gasteiger partial charge in [0.05, 0.1) is 11.6 Å². The van der Waals surface area contributed by atoms with Crippen molar-refractivity contribution in [3.8, 4) is 5.75 Å². The number of hydrogen-bond acceptors (Lipinski definition) is 8. The maximum absolute atomic E-state index is 13.4. The molecule has 170 valence electrons. The summed E-state index contributed by atoms with van der Waals surface area (Å²) < 4.78 is 0. The summed E-state index contributed by atoms with van der Waals surface area (Å²) in [6.07, 6.45) is 1.03. The number of primary amides is 1. The number of rotatable bonds is 3. The number of Topliss-reactive ketones (excluding diaryl/α,β-unsaturated/α-hetero) is 2. The Morgan fingerprint density at radius 1 is 1.22 bits per heavy atom. The number of aliphatic hydroxyl groups is 3. The van der Waals surface area contributed by atoms with Crippen LogP contribution in [0.5, 0.6) is 5.75 Å². The zero-order valence-corrected chi connectivity index (χ0v) is 18.0. The number of nitrogens with two attached hydrogens (primary N) is 1. The molecule has 3 aliphatic carbocycles. The molecule has 0 saturated heterocycles. The highest BCUT2D eigenvalue weighted by molar-refractivity contribution is 6.24. The fourth-order valence-electron chi connectivity index (χ4n) is 5.65. The molecular weight excluding hydrogens is 416 g/mol. The summed E-state index contributed by atoms with van der Waals surface area (Å²) >= 11 is 0. The largest absolute Gasteiger partial charge is 0.510 e. The molecule has 0 fully saturated rings. The zero-order valence-electron chi connectivity index (χ0n) is 18.0. The van der Waals surface area contributed by atoms with Crippen molar-refractivity contribution < 1.29 is 34.8 Å². The van der Waals surface area contributed by atoms with E-state index in [0.717, 1.165) is 5.56 Å². The molecule has 0 radical (unpaired) electrons. The average molecular weight is 442 g/mol. The molecule has 4 rings (SSSR count). The van der Waals surface area contributed by atoms with Gasteiger partial charge < -0.3 is 26.2 Å². The Balaban J connectivity index is 1.98. The SMILES string of the molecule is CCc1ccc(O)c2c1C[C@@H]1C[C@@H]3[C@@H](N(C)C)C(O)=C(C(N)=O)C(=O)[C@]3(O)C(O)=C1C2=O. The lowest BCUT2D eigenvalue weighted by Crippen LogP contribution is -2.63. The van der Waals surface area contributed by atoms with Gasteiger partial charge in [-0.05, 0) is 56.5 Å². The molecule has 9 nitrogen and oxygen atoms in total. The molecule has 6 N–H and O–H groups in total. The van der Waals surface area contributed by atoms with Crippen LogP contribution in [-0.4, -0.2) is 68.5 Å². The molecule has 3 aliphatic rings. The number of ketones is 2. The monoisotopic (exact) mass is 442 g/mol. The van der Waals surface area contributed by atoms with Crippen LogP contribution < -0.4 is 5.73 Å². The Labute approximate surface area is 184 Å². The number of hydrogen-bond donors (Lipinski definition) is 5. The Morgan fingerprint density at radius 2 is 1.88 bits per heavy atom. The Bertz CT molecular complexity index is 1130. The van der Waals surface area contributed by atoms with E-state index in [4.69, 9.17) is 5.73 Å². The molecule has 0 unspecified atom stereocenters. The van der Waals surface area contributed by atoms with Gasteiger partial charge in [0.25, 0.3) is 5.91 Å². The molecule has 0 aromatic heterocycles. The van der Waals surface area contributed by atoms with Crippen molar-refractivity contribution in [2.45, 2.75) is 37.8 Å². The highest BCUT2D eigenvalue weighted by Crippen LogP contribution is 2.52. The van der Waals surface area contributed by atoms with Crippen molar-refractivity contribution in [3.05, 3.63) is 51.5 Å². The third-order valence-corrected chi connectivity index (χ3v) is 7.08. The van der Waals surface area contributed by atoms with E-state index in [1.54, 1.807) is 20.2 Å². The van der Waals surface area contributed by atoms with E-state index >= 15 is 0 Å². The summed E-state index contributed by atoms with van der Waals surface area (Å²) in [5, 5.41) is 43.8. The van der Waals surface area contributed by atoms with Crippen LogP contribution in [0.15, 0.2) is 34.8 Å². The van der Waals surface area contributed by atoms with Crippen LogP contribution in [-0.2, 0) is 22.4 Å². The smallest absolute Gasteiger partial charge is 0.255 e. The van der Waals surface area contributed by atoms with E-state index in [1.807, 2.05) is 6.92 Å². The summed E-state index contributed by atoms with van der Waals surface area (Å²) in [5.74, 6) is -6.37. The van der Waals surface area contributed by atoms with Crippen LogP contribution in [0.2, 0.25) is 0 Å². The van der Waals surface area contributed by atoms with Gasteiger partial charge in [-0.15, -0.1) is 0 Å². The van der Waals surface area contributed by atoms with E-state index in [-0.39, 0.29) is 23.3 Å². The van der Waals surface area contributed by atoms with Gasteiger partial charge in [0.2, 0.25) is 5.78 Å². The summed E-state index contributed by atoms with van der Waals surface area (Å²) in [5.41, 5.74) is 3.34. The third-order valence-electron chi connectivity index (χ3n) is 7.08. The standard InChI is InChI=1S/C23H26N2O7/c1-4-9-5-6-13(26)15-11(9)7-10-8-12-17(25(2)3)19(28)16(22(24)31)21(30)23(12,32)20(29)14(10)18(15)27/h5-6,10,12,17,26,28-29,32H,4,7-8H2,1-3H3,(H2,24,31)/t10-,12-,17-,23-/m1/s1. The molecule has 0 heterocycles. The second-order valence-corrected chi connectivity index (χ2v) is 8.91. The van der Waals surface area contributed by atoms with Gasteiger partial charge in [-0.3, -0.25) is 19.3 Å². The predicted octanol–water partition coefficient (Wildman–Crippen LogP) is 0.683. The maximum Gasteiger partial charge on any atom is 0.255 e. The van der Waals surface area contributed by atoms with Crippen LogP contribution in [0.25, 0.3) is 0 Å². The van der Waals surface area contributed by atoms with E-state index in [9.17, 15) is 34.8 Å². The number of aliphatic hydroxyl groups excluding tert-OH is 2. The van der Waals surface area contributed by atoms with Gasteiger partial charge in [0, 0.05) is 11.5 Å². The Hall–Kier alpha value is -3.17. The van der Waals surface area contributed by atoms with Crippen molar-refractivity contribution >= 4 is 17.5 Å². The molecule has 1 amide bonds. The van der Waals surface area contributed by atoms with Crippen molar-refractivity contribution in [2.24, 2.45) is 17.6 Å². The van der Waals surface area contributed by atoms with Crippen molar-refractivity contribution in [3.63, 3.8) is 0 Å². The minimum atomic E-state index is -2.61. The fraction of sp³-hybridized carbons (Fsp3) is 0.435. The van der Waals surface area contributed by atoms with Crippen LogP contribution in [0.3, 0.4) is 0 Å². The first kappa shape index (κ1) is 22.0. The number of carbonyl (C=O) groups is 3. The normalized spacial score (nSPS) is 29.7. The first-order valence-corrected chi connectivity index (χ1v) is 10.4. The van der Waals surface area contributed by atoms with Crippen LogP contribution in [0, 0.1) is 11.8 Å². The van der Waals surface area contributed by atoms with Crippen LogP contribution in [0.4, 0.5) is 0 Å². The van der Waals surface area contributed by atoms with Crippen molar-refractivity contribution in [1.82, 2.24) is 4.90 Å². The molecular formula is C23H26N2O7. The quantitative estimate of drug-likeness (QED) is 0.427. The van der Waals surface area contributed by atoms with E-state index in [2.05, 4.69) is 0 Å². The molecule has 1 aromatic carbocycles. The minimum absolute atomic E-state index is 0.0464. The number of benzene rings is 1. The highest BCUT2D eigenvalue weighted by Gasteiger charge is 2.63. The van der Waals surface area contributed by atoms with Gasteiger partial charge in [0.15, 0.2) is 11.4 Å². The number of amides is 1. The number of phenolic OH excluding ortho intramolecular Hbond substituents is 1. The van der Waals surface area contributed by atoms with E-state index < -0.39 is 58.0 Å². The second-order valence-electron chi connectivity index (χ2n) is 8.91. The van der Waals surface area contributed by atoms with Gasteiger partial charge in [-0.1, -0.05) is 13.0 Å². The summed E-state index contributed by atoms with van der Waals surface area (Å²) in [4.78, 5) is 40.0. The second kappa shape index (κ2) is 7.18. The van der Waals surface area contributed by atoms with Crippen LogP contribution in [0.1, 0.15) is 34.8 Å². The lowest BCUT2D eigenvalue weighted by atomic mass is 9.58. The summed E-state index contributed by atoms with van der Waals surface area (Å²) in [7, 11) is 3.20. The van der Waals surface area contributed by atoms with Gasteiger partial charge in [-0.25, -0.2) is 0 Å². The van der Waals surface area contributed by atoms with Gasteiger partial charge >= 0.3 is 0 Å². The fourth-order valence-corrected chi connectivity index (χ4v) is 5.65. The number of allylic oxidation sites excluding steroid dienone is 1. The zero-order chi connectivity index (χ0) is 23.7. The van der Waals surface area contributed by atoms with E-state index in [1.165, 1.54) is 11.0 Å². The third kappa shape index (κ3) is 2.67. The minimum Gasteiger partial charge on any atom is -0.510 e. The number of aryl methyl sites for hydroxylation is 1. The highest BCUT2D eigenvalue weighted by atomic mass is 16.3. The van der Waals surface area contributed by atoms with Crippen molar-refractivity contribution in [1.29, 1.82) is 0 Å².